The zero-order chi connectivity index (χ0) is 14.5. The molecule has 0 fully saturated rings. The van der Waals surface area contributed by atoms with E-state index in [0.717, 1.165) is 16.0 Å². The summed E-state index contributed by atoms with van der Waals surface area (Å²) in [5.74, 6) is 0.681. The molecule has 20 heavy (non-hydrogen) atoms. The molecule has 3 N–H and O–H groups in total. The van der Waals surface area contributed by atoms with Crippen LogP contribution >= 0.6 is 11.8 Å². The van der Waals surface area contributed by atoms with Crippen molar-refractivity contribution in [2.24, 2.45) is 0 Å². The van der Waals surface area contributed by atoms with Crippen molar-refractivity contribution in [2.45, 2.75) is 17.3 Å². The fourth-order valence-corrected chi connectivity index (χ4v) is 2.56. The Morgan fingerprint density at radius 2 is 1.80 bits per heavy atom. The van der Waals surface area contributed by atoms with Crippen molar-refractivity contribution in [3.63, 3.8) is 0 Å². The normalized spacial score (nSPS) is 10.4. The van der Waals surface area contributed by atoms with Crippen molar-refractivity contribution in [1.82, 2.24) is 0 Å². The van der Waals surface area contributed by atoms with Gasteiger partial charge in [-0.1, -0.05) is 18.2 Å². The Balaban J connectivity index is 2.03. The molecule has 0 radical (unpaired) electrons. The van der Waals surface area contributed by atoms with Crippen LogP contribution in [-0.4, -0.2) is 10.0 Å². The summed E-state index contributed by atoms with van der Waals surface area (Å²) < 4.78 is 0. The van der Waals surface area contributed by atoms with Crippen LogP contribution in [0.2, 0.25) is 0 Å². The van der Waals surface area contributed by atoms with Crippen molar-refractivity contribution in [3.05, 3.63) is 63.7 Å². The highest BCUT2D eigenvalue weighted by molar-refractivity contribution is 7.98. The van der Waals surface area contributed by atoms with E-state index in [-0.39, 0.29) is 18.0 Å². The van der Waals surface area contributed by atoms with E-state index in [1.54, 1.807) is 23.9 Å². The molecule has 0 aliphatic rings. The molecule has 0 aliphatic heterocycles. The highest BCUT2D eigenvalue weighted by Gasteiger charge is 2.11. The van der Waals surface area contributed by atoms with Crippen LogP contribution in [0.4, 0.5) is 11.4 Å². The summed E-state index contributed by atoms with van der Waals surface area (Å²) in [4.78, 5) is 11.3. The number of thioether (sulfide) groups is 1. The molecule has 0 heterocycles. The molecule has 0 saturated heterocycles. The molecular weight excluding hydrogens is 276 g/mol. The minimum Gasteiger partial charge on any atom is -0.393 e. The number of hydrogen-bond acceptors (Lipinski definition) is 5. The molecule has 0 unspecified atom stereocenters. The number of rotatable bonds is 5. The quantitative estimate of drug-likeness (QED) is 0.382. The predicted octanol–water partition coefficient (Wildman–Crippen LogP) is 2.96. The topological polar surface area (TPSA) is 89.4 Å². The summed E-state index contributed by atoms with van der Waals surface area (Å²) in [5, 5.41) is 19.6. The van der Waals surface area contributed by atoms with Gasteiger partial charge in [0.25, 0.3) is 5.69 Å². The Bertz CT molecular complexity index is 614. The third kappa shape index (κ3) is 3.49. The standard InChI is InChI=1S/C14H14N2O3S/c15-13-7-11(3-6-14(13)16(18)19)9-20-12-4-1-10(8-17)2-5-12/h1-7,17H,8-9,15H2. The molecule has 5 nitrogen and oxygen atoms in total. The first kappa shape index (κ1) is 14.4. The lowest BCUT2D eigenvalue weighted by molar-refractivity contribution is -0.383. The maximum Gasteiger partial charge on any atom is 0.292 e. The van der Waals surface area contributed by atoms with E-state index < -0.39 is 4.92 Å². The van der Waals surface area contributed by atoms with Gasteiger partial charge in [0.1, 0.15) is 5.69 Å². The molecule has 2 aromatic carbocycles. The van der Waals surface area contributed by atoms with Gasteiger partial charge in [-0.25, -0.2) is 0 Å². The summed E-state index contributed by atoms with van der Waals surface area (Å²) in [5.41, 5.74) is 7.57. The highest BCUT2D eigenvalue weighted by atomic mass is 32.2. The van der Waals surface area contributed by atoms with Gasteiger partial charge in [0.15, 0.2) is 0 Å². The third-order valence-electron chi connectivity index (χ3n) is 2.80. The van der Waals surface area contributed by atoms with Gasteiger partial charge in [-0.15, -0.1) is 11.8 Å². The van der Waals surface area contributed by atoms with Crippen molar-refractivity contribution < 1.29 is 10.0 Å². The average Bonchev–Trinajstić information content (AvgIpc) is 2.45. The Morgan fingerprint density at radius 3 is 2.35 bits per heavy atom. The van der Waals surface area contributed by atoms with Crippen LogP contribution in [0.3, 0.4) is 0 Å². The molecule has 0 aromatic heterocycles. The van der Waals surface area contributed by atoms with Crippen molar-refractivity contribution in [1.29, 1.82) is 0 Å². The minimum atomic E-state index is -0.486. The second-order valence-electron chi connectivity index (χ2n) is 4.24. The number of nitro benzene ring substituents is 1. The maximum absolute atomic E-state index is 10.7. The second kappa shape index (κ2) is 6.40. The van der Waals surface area contributed by atoms with Crippen LogP contribution < -0.4 is 5.73 Å². The maximum atomic E-state index is 10.7. The Labute approximate surface area is 120 Å². The van der Waals surface area contributed by atoms with E-state index in [1.165, 1.54) is 6.07 Å². The molecule has 0 spiro atoms. The number of aliphatic hydroxyl groups is 1. The van der Waals surface area contributed by atoms with Crippen LogP contribution in [-0.2, 0) is 12.4 Å². The van der Waals surface area contributed by atoms with Gasteiger partial charge >= 0.3 is 0 Å². The van der Waals surface area contributed by atoms with Gasteiger partial charge in [0.05, 0.1) is 11.5 Å². The van der Waals surface area contributed by atoms with E-state index in [1.807, 2.05) is 24.3 Å². The van der Waals surface area contributed by atoms with E-state index >= 15 is 0 Å². The number of nitrogens with two attached hydrogens (primary N) is 1. The lowest BCUT2D eigenvalue weighted by Crippen LogP contribution is -1.96. The summed E-state index contributed by atoms with van der Waals surface area (Å²) in [6.07, 6.45) is 0. The number of aliphatic hydroxyl groups excluding tert-OH is 1. The monoisotopic (exact) mass is 290 g/mol. The first-order chi connectivity index (χ1) is 9.60. The zero-order valence-corrected chi connectivity index (χ0v) is 11.5. The summed E-state index contributed by atoms with van der Waals surface area (Å²) in [6.45, 7) is 0.0316. The van der Waals surface area contributed by atoms with Gasteiger partial charge < -0.3 is 10.8 Å². The van der Waals surface area contributed by atoms with Gasteiger partial charge in [-0.2, -0.15) is 0 Å². The van der Waals surface area contributed by atoms with Crippen molar-refractivity contribution in [3.8, 4) is 0 Å². The second-order valence-corrected chi connectivity index (χ2v) is 5.29. The molecule has 0 amide bonds. The van der Waals surface area contributed by atoms with Gasteiger partial charge in [-0.3, -0.25) is 10.1 Å². The van der Waals surface area contributed by atoms with E-state index in [2.05, 4.69) is 0 Å². The van der Waals surface area contributed by atoms with Crippen molar-refractivity contribution >= 4 is 23.1 Å². The summed E-state index contributed by atoms with van der Waals surface area (Å²) >= 11 is 1.61. The van der Waals surface area contributed by atoms with E-state index in [9.17, 15) is 10.1 Å². The first-order valence-corrected chi connectivity index (χ1v) is 6.94. The molecule has 2 aromatic rings. The average molecular weight is 290 g/mol. The molecule has 0 atom stereocenters. The number of anilines is 1. The Morgan fingerprint density at radius 1 is 1.15 bits per heavy atom. The zero-order valence-electron chi connectivity index (χ0n) is 10.7. The number of hydrogen-bond donors (Lipinski definition) is 2. The lowest BCUT2D eigenvalue weighted by atomic mass is 10.2. The van der Waals surface area contributed by atoms with Crippen molar-refractivity contribution in [2.75, 3.05) is 5.73 Å². The van der Waals surface area contributed by atoms with Crippen LogP contribution in [0.1, 0.15) is 11.1 Å². The molecule has 104 valence electrons. The first-order valence-electron chi connectivity index (χ1n) is 5.95. The molecule has 0 saturated carbocycles. The molecule has 2 rings (SSSR count). The van der Waals surface area contributed by atoms with Crippen LogP contribution in [0, 0.1) is 10.1 Å². The highest BCUT2D eigenvalue weighted by Crippen LogP contribution is 2.27. The Hall–Kier alpha value is -2.05. The Kier molecular flexibility index (Phi) is 4.60. The van der Waals surface area contributed by atoms with Gasteiger partial charge in [0.2, 0.25) is 0 Å². The molecule has 0 bridgehead atoms. The third-order valence-corrected chi connectivity index (χ3v) is 3.88. The molecule has 6 heteroatoms. The number of benzene rings is 2. The minimum absolute atomic E-state index is 0.0316. The molecular formula is C14H14N2O3S. The smallest absolute Gasteiger partial charge is 0.292 e. The summed E-state index contributed by atoms with van der Waals surface area (Å²) in [7, 11) is 0. The van der Waals surface area contributed by atoms with Crippen LogP contribution in [0.25, 0.3) is 0 Å². The number of nitro groups is 1. The van der Waals surface area contributed by atoms with Gasteiger partial charge in [0, 0.05) is 16.7 Å². The van der Waals surface area contributed by atoms with E-state index in [4.69, 9.17) is 10.8 Å². The van der Waals surface area contributed by atoms with Crippen LogP contribution in [0.5, 0.6) is 0 Å². The predicted molar refractivity (Wildman–Crippen MR) is 79.4 cm³/mol. The fraction of sp³-hybridized carbons (Fsp3) is 0.143. The number of nitrogen functional groups attached to an aromatic ring is 1. The lowest BCUT2D eigenvalue weighted by Gasteiger charge is -2.04. The largest absolute Gasteiger partial charge is 0.393 e. The fourth-order valence-electron chi connectivity index (χ4n) is 1.72. The van der Waals surface area contributed by atoms with Crippen LogP contribution in [0.15, 0.2) is 47.4 Å². The van der Waals surface area contributed by atoms with E-state index in [0.29, 0.717) is 5.75 Å². The SMILES string of the molecule is Nc1cc(CSc2ccc(CO)cc2)ccc1[N+](=O)[O-]. The molecule has 0 aliphatic carbocycles. The van der Waals surface area contributed by atoms with Gasteiger partial charge in [-0.05, 0) is 29.3 Å². The summed E-state index contributed by atoms with van der Waals surface area (Å²) in [6, 6.07) is 12.4. The number of nitrogens with zero attached hydrogens (tertiary/aromatic N) is 1.